The van der Waals surface area contributed by atoms with Crippen LogP contribution >= 0.6 is 0 Å². The zero-order chi connectivity index (χ0) is 17.4. The maximum atomic E-state index is 13.1. The number of carbonyl (C=O) groups is 2. The Labute approximate surface area is 144 Å². The zero-order valence-electron chi connectivity index (χ0n) is 13.6. The summed E-state index contributed by atoms with van der Waals surface area (Å²) in [5, 5.41) is 7.13. The number of para-hydroxylation sites is 3. The molecular formula is C19H16N4O2. The molecule has 1 aliphatic rings. The lowest BCUT2D eigenvalue weighted by Crippen LogP contribution is -2.42. The van der Waals surface area contributed by atoms with Crippen molar-refractivity contribution < 1.29 is 9.59 Å². The van der Waals surface area contributed by atoms with Crippen molar-refractivity contribution in [1.82, 2.24) is 9.78 Å². The lowest BCUT2D eigenvalue weighted by atomic mass is 10.1. The summed E-state index contributed by atoms with van der Waals surface area (Å²) in [5.41, 5.74) is 3.43. The number of carbonyl (C=O) groups excluding carboxylic acids is 2. The summed E-state index contributed by atoms with van der Waals surface area (Å²) in [7, 11) is 0. The second-order valence-corrected chi connectivity index (χ2v) is 5.85. The molecule has 0 atom stereocenters. The van der Waals surface area contributed by atoms with Crippen LogP contribution in [0.4, 0.5) is 11.4 Å². The van der Waals surface area contributed by atoms with Gasteiger partial charge in [-0.05, 0) is 31.2 Å². The van der Waals surface area contributed by atoms with Gasteiger partial charge in [-0.2, -0.15) is 5.10 Å². The van der Waals surface area contributed by atoms with E-state index in [9.17, 15) is 9.59 Å². The molecule has 1 aromatic heterocycles. The summed E-state index contributed by atoms with van der Waals surface area (Å²) in [6.07, 6.45) is 1.56. The van der Waals surface area contributed by atoms with Crippen molar-refractivity contribution in [2.45, 2.75) is 6.92 Å². The van der Waals surface area contributed by atoms with Crippen molar-refractivity contribution in [1.29, 1.82) is 0 Å². The Hall–Kier alpha value is -3.41. The first kappa shape index (κ1) is 15.1. The van der Waals surface area contributed by atoms with Gasteiger partial charge in [0.1, 0.15) is 6.54 Å². The van der Waals surface area contributed by atoms with E-state index < -0.39 is 0 Å². The van der Waals surface area contributed by atoms with E-state index >= 15 is 0 Å². The average Bonchev–Trinajstić information content (AvgIpc) is 3.02. The number of nitrogens with zero attached hydrogens (tertiary/aromatic N) is 3. The third-order valence-corrected chi connectivity index (χ3v) is 4.26. The standard InChI is InChI=1S/C19H16N4O2/c1-13-15(11-20-23(13)14-7-3-2-4-8-14)19(25)22-12-18(24)21-16-9-5-6-10-17(16)22/h2-11H,12H2,1H3,(H,21,24). The van der Waals surface area contributed by atoms with E-state index in [1.165, 1.54) is 4.90 Å². The van der Waals surface area contributed by atoms with Gasteiger partial charge >= 0.3 is 0 Å². The van der Waals surface area contributed by atoms with Gasteiger partial charge in [0.25, 0.3) is 5.91 Å². The van der Waals surface area contributed by atoms with E-state index in [1.54, 1.807) is 16.9 Å². The third kappa shape index (κ3) is 2.57. The van der Waals surface area contributed by atoms with Gasteiger partial charge in [-0.15, -0.1) is 0 Å². The number of hydrogen-bond donors (Lipinski definition) is 1. The summed E-state index contributed by atoms with van der Waals surface area (Å²) in [4.78, 5) is 26.5. The van der Waals surface area contributed by atoms with E-state index in [4.69, 9.17) is 0 Å². The van der Waals surface area contributed by atoms with Crippen LogP contribution in [0.5, 0.6) is 0 Å². The van der Waals surface area contributed by atoms with Gasteiger partial charge < -0.3 is 5.32 Å². The minimum absolute atomic E-state index is 0.00813. The SMILES string of the molecule is Cc1c(C(=O)N2CC(=O)Nc3ccccc32)cnn1-c1ccccc1. The number of benzene rings is 2. The zero-order valence-corrected chi connectivity index (χ0v) is 13.6. The Morgan fingerprint density at radius 1 is 1.08 bits per heavy atom. The predicted octanol–water partition coefficient (Wildman–Crippen LogP) is 2.78. The van der Waals surface area contributed by atoms with Crippen molar-refractivity contribution in [3.63, 3.8) is 0 Å². The molecule has 6 nitrogen and oxygen atoms in total. The number of aromatic nitrogens is 2. The Morgan fingerprint density at radius 2 is 1.80 bits per heavy atom. The van der Waals surface area contributed by atoms with Crippen LogP contribution < -0.4 is 10.2 Å². The van der Waals surface area contributed by atoms with E-state index in [1.807, 2.05) is 55.5 Å². The van der Waals surface area contributed by atoms with Crippen LogP contribution in [0.3, 0.4) is 0 Å². The van der Waals surface area contributed by atoms with Crippen LogP contribution in [0.1, 0.15) is 16.1 Å². The molecule has 2 aromatic carbocycles. The Balaban J connectivity index is 1.73. The van der Waals surface area contributed by atoms with Crippen LogP contribution in [0.15, 0.2) is 60.8 Å². The van der Waals surface area contributed by atoms with E-state index in [0.717, 1.165) is 11.4 Å². The van der Waals surface area contributed by atoms with Crippen LogP contribution in [0.2, 0.25) is 0 Å². The quantitative estimate of drug-likeness (QED) is 0.785. The monoisotopic (exact) mass is 332 g/mol. The summed E-state index contributed by atoms with van der Waals surface area (Å²) < 4.78 is 1.73. The van der Waals surface area contributed by atoms with Crippen molar-refractivity contribution in [2.75, 3.05) is 16.8 Å². The van der Waals surface area contributed by atoms with Crippen molar-refractivity contribution >= 4 is 23.2 Å². The highest BCUT2D eigenvalue weighted by Crippen LogP contribution is 2.30. The fourth-order valence-corrected chi connectivity index (χ4v) is 3.01. The normalized spacial score (nSPS) is 13.3. The van der Waals surface area contributed by atoms with Crippen LogP contribution in [0.25, 0.3) is 5.69 Å². The molecule has 0 aliphatic carbocycles. The Bertz CT molecular complexity index is 963. The van der Waals surface area contributed by atoms with Gasteiger partial charge in [-0.3, -0.25) is 14.5 Å². The molecule has 2 amide bonds. The van der Waals surface area contributed by atoms with Crippen molar-refractivity contribution in [3.05, 3.63) is 72.1 Å². The first-order valence-electron chi connectivity index (χ1n) is 7.96. The fourth-order valence-electron chi connectivity index (χ4n) is 3.01. The molecule has 0 radical (unpaired) electrons. The first-order valence-corrected chi connectivity index (χ1v) is 7.96. The van der Waals surface area contributed by atoms with Crippen LogP contribution in [0, 0.1) is 6.92 Å². The Morgan fingerprint density at radius 3 is 2.60 bits per heavy atom. The molecule has 0 spiro atoms. The molecule has 0 fully saturated rings. The van der Waals surface area contributed by atoms with Crippen LogP contribution in [-0.2, 0) is 4.79 Å². The lowest BCUT2D eigenvalue weighted by molar-refractivity contribution is -0.115. The molecule has 3 aromatic rings. The van der Waals surface area contributed by atoms with Gasteiger partial charge in [0.05, 0.1) is 34.5 Å². The number of anilines is 2. The molecule has 0 unspecified atom stereocenters. The summed E-state index contributed by atoms with van der Waals surface area (Å²) in [5.74, 6) is -0.442. The second kappa shape index (κ2) is 5.90. The minimum atomic E-state index is -0.234. The largest absolute Gasteiger partial charge is 0.323 e. The van der Waals surface area contributed by atoms with Gasteiger partial charge in [-0.25, -0.2) is 4.68 Å². The highest BCUT2D eigenvalue weighted by molar-refractivity contribution is 6.15. The topological polar surface area (TPSA) is 67.2 Å². The highest BCUT2D eigenvalue weighted by atomic mass is 16.2. The molecule has 25 heavy (non-hydrogen) atoms. The number of rotatable bonds is 2. The van der Waals surface area contributed by atoms with Gasteiger partial charge in [-0.1, -0.05) is 30.3 Å². The van der Waals surface area contributed by atoms with Crippen LogP contribution in [-0.4, -0.2) is 28.1 Å². The summed E-state index contributed by atoms with van der Waals surface area (Å²) in [6.45, 7) is 1.84. The molecule has 6 heteroatoms. The number of fused-ring (bicyclic) bond motifs is 1. The second-order valence-electron chi connectivity index (χ2n) is 5.85. The lowest BCUT2D eigenvalue weighted by Gasteiger charge is -2.29. The third-order valence-electron chi connectivity index (χ3n) is 4.26. The summed E-state index contributed by atoms with van der Waals surface area (Å²) >= 11 is 0. The highest BCUT2D eigenvalue weighted by Gasteiger charge is 2.29. The predicted molar refractivity (Wildman–Crippen MR) is 95.0 cm³/mol. The molecule has 0 saturated heterocycles. The molecule has 124 valence electrons. The van der Waals surface area contributed by atoms with Crippen molar-refractivity contribution in [2.24, 2.45) is 0 Å². The maximum absolute atomic E-state index is 13.1. The average molecular weight is 332 g/mol. The molecule has 0 saturated carbocycles. The number of nitrogens with one attached hydrogen (secondary N) is 1. The summed E-state index contributed by atoms with van der Waals surface area (Å²) in [6, 6.07) is 16.9. The van der Waals surface area contributed by atoms with E-state index in [-0.39, 0.29) is 18.4 Å². The first-order chi connectivity index (χ1) is 12.1. The molecule has 1 N–H and O–H groups in total. The van der Waals surface area contributed by atoms with Gasteiger partial charge in [0.2, 0.25) is 5.91 Å². The number of amides is 2. The van der Waals surface area contributed by atoms with E-state index in [2.05, 4.69) is 10.4 Å². The van der Waals surface area contributed by atoms with Gasteiger partial charge in [0, 0.05) is 0 Å². The minimum Gasteiger partial charge on any atom is -0.323 e. The Kier molecular flexibility index (Phi) is 3.57. The molecule has 0 bridgehead atoms. The molecular weight excluding hydrogens is 316 g/mol. The molecule has 4 rings (SSSR count). The van der Waals surface area contributed by atoms with E-state index in [0.29, 0.717) is 16.9 Å². The van der Waals surface area contributed by atoms with Gasteiger partial charge in [0.15, 0.2) is 0 Å². The molecule has 1 aliphatic heterocycles. The molecule has 2 heterocycles. The number of hydrogen-bond acceptors (Lipinski definition) is 3. The smallest absolute Gasteiger partial charge is 0.262 e. The van der Waals surface area contributed by atoms with Crippen molar-refractivity contribution in [3.8, 4) is 5.69 Å². The fraction of sp³-hybridized carbons (Fsp3) is 0.105. The maximum Gasteiger partial charge on any atom is 0.262 e.